The van der Waals surface area contributed by atoms with Gasteiger partial charge in [-0.25, -0.2) is 0 Å². The van der Waals surface area contributed by atoms with E-state index < -0.39 is 11.9 Å². The summed E-state index contributed by atoms with van der Waals surface area (Å²) < 4.78 is 4.64. The fourth-order valence-corrected chi connectivity index (χ4v) is 4.95. The number of morpholine rings is 1. The third-order valence-electron chi connectivity index (χ3n) is 5.45. The van der Waals surface area contributed by atoms with Gasteiger partial charge in [-0.15, -0.1) is 0 Å². The Kier molecular flexibility index (Phi) is 2.40. The molecule has 3 aliphatic rings. The van der Waals surface area contributed by atoms with Crippen LogP contribution in [0.4, 0.5) is 0 Å². The van der Waals surface area contributed by atoms with Crippen LogP contribution in [0.25, 0.3) is 0 Å². The normalized spacial score (nSPS) is 43.3. The lowest BCUT2D eigenvalue weighted by molar-refractivity contribution is -0.171. The summed E-state index contributed by atoms with van der Waals surface area (Å²) in [5, 5.41) is 0. The lowest BCUT2D eigenvalue weighted by Crippen LogP contribution is -2.57. The lowest BCUT2D eigenvalue weighted by atomic mass is 9.67. The van der Waals surface area contributed by atoms with E-state index in [2.05, 4.69) is 30.4 Å². The van der Waals surface area contributed by atoms with Gasteiger partial charge in [0, 0.05) is 6.04 Å². The molecule has 2 aliphatic carbocycles. The van der Waals surface area contributed by atoms with E-state index in [0.717, 1.165) is 5.92 Å². The predicted molar refractivity (Wildman–Crippen MR) is 65.7 cm³/mol. The van der Waals surface area contributed by atoms with E-state index in [0.29, 0.717) is 6.04 Å². The second-order valence-electron chi connectivity index (χ2n) is 7.07. The molecule has 0 radical (unpaired) electrons. The van der Waals surface area contributed by atoms with E-state index >= 15 is 0 Å². The zero-order chi connectivity index (χ0) is 13.1. The number of hydrogen-bond acceptors (Lipinski definition) is 4. The van der Waals surface area contributed by atoms with E-state index in [1.807, 2.05) is 0 Å². The van der Waals surface area contributed by atoms with Gasteiger partial charge in [-0.05, 0) is 36.0 Å². The molecule has 0 amide bonds. The van der Waals surface area contributed by atoms with Crippen LogP contribution in [-0.4, -0.2) is 36.0 Å². The van der Waals surface area contributed by atoms with Gasteiger partial charge in [0.05, 0.1) is 13.1 Å². The Morgan fingerprint density at radius 3 is 2.28 bits per heavy atom. The van der Waals surface area contributed by atoms with Crippen LogP contribution in [0.3, 0.4) is 0 Å². The minimum Gasteiger partial charge on any atom is -0.391 e. The zero-order valence-corrected chi connectivity index (χ0v) is 11.4. The first-order valence-corrected chi connectivity index (χ1v) is 6.80. The number of carbonyl (C=O) groups excluding carboxylic acids is 2. The molecule has 3 unspecified atom stereocenters. The summed E-state index contributed by atoms with van der Waals surface area (Å²) in [6, 6.07) is 0.320. The highest BCUT2D eigenvalue weighted by Gasteiger charge is 2.61. The largest absolute Gasteiger partial charge is 0.391 e. The minimum absolute atomic E-state index is 0.185. The maximum Gasteiger partial charge on any atom is 0.327 e. The number of hydrogen-bond donors (Lipinski definition) is 0. The van der Waals surface area contributed by atoms with Crippen LogP contribution in [0.1, 0.15) is 40.0 Å². The molecule has 4 nitrogen and oxygen atoms in total. The van der Waals surface area contributed by atoms with E-state index in [1.165, 1.54) is 19.3 Å². The molecule has 1 saturated heterocycles. The number of rotatable bonds is 1. The summed E-state index contributed by atoms with van der Waals surface area (Å²) in [4.78, 5) is 25.0. The van der Waals surface area contributed by atoms with Crippen LogP contribution >= 0.6 is 0 Å². The van der Waals surface area contributed by atoms with Crippen molar-refractivity contribution in [3.8, 4) is 0 Å². The summed E-state index contributed by atoms with van der Waals surface area (Å²) in [6.45, 7) is 7.43. The monoisotopic (exact) mass is 251 g/mol. The van der Waals surface area contributed by atoms with E-state index in [-0.39, 0.29) is 23.9 Å². The molecular weight excluding hydrogens is 230 g/mol. The van der Waals surface area contributed by atoms with E-state index in [4.69, 9.17) is 0 Å². The summed E-state index contributed by atoms with van der Waals surface area (Å²) >= 11 is 0. The average molecular weight is 251 g/mol. The Morgan fingerprint density at radius 2 is 1.78 bits per heavy atom. The van der Waals surface area contributed by atoms with Crippen LogP contribution < -0.4 is 0 Å². The Bertz CT molecular complexity index is 397. The highest BCUT2D eigenvalue weighted by atomic mass is 16.6. The third-order valence-corrected chi connectivity index (χ3v) is 5.45. The van der Waals surface area contributed by atoms with Crippen molar-refractivity contribution in [3.05, 3.63) is 0 Å². The van der Waals surface area contributed by atoms with Gasteiger partial charge >= 0.3 is 11.9 Å². The number of nitrogens with zero attached hydrogens (tertiary/aromatic N) is 1. The van der Waals surface area contributed by atoms with Gasteiger partial charge in [0.1, 0.15) is 0 Å². The molecule has 2 saturated carbocycles. The minimum atomic E-state index is -0.395. The van der Waals surface area contributed by atoms with Crippen LogP contribution in [0, 0.1) is 16.7 Å². The smallest absolute Gasteiger partial charge is 0.327 e. The predicted octanol–water partition coefficient (Wildman–Crippen LogP) is 1.59. The highest BCUT2D eigenvalue weighted by molar-refractivity contribution is 5.90. The third kappa shape index (κ3) is 1.54. The van der Waals surface area contributed by atoms with E-state index in [1.54, 1.807) is 0 Å². The van der Waals surface area contributed by atoms with Gasteiger partial charge in [0.25, 0.3) is 0 Å². The molecule has 18 heavy (non-hydrogen) atoms. The molecule has 100 valence electrons. The first kappa shape index (κ1) is 12.2. The molecule has 0 aromatic carbocycles. The fourth-order valence-electron chi connectivity index (χ4n) is 4.95. The van der Waals surface area contributed by atoms with Gasteiger partial charge in [-0.1, -0.05) is 20.8 Å². The Balaban J connectivity index is 1.91. The quantitative estimate of drug-likeness (QED) is 0.524. The molecule has 3 rings (SSSR count). The number of fused-ring (bicyclic) bond motifs is 2. The molecule has 0 spiro atoms. The highest BCUT2D eigenvalue weighted by Crippen LogP contribution is 2.64. The number of ether oxygens (including phenoxy) is 1. The second-order valence-corrected chi connectivity index (χ2v) is 7.07. The zero-order valence-electron chi connectivity index (χ0n) is 11.4. The van der Waals surface area contributed by atoms with Gasteiger partial charge in [-0.2, -0.15) is 0 Å². The lowest BCUT2D eigenvalue weighted by Gasteiger charge is -2.49. The molecule has 3 fully saturated rings. The molecule has 1 aliphatic heterocycles. The Hall–Kier alpha value is -0.900. The molecule has 3 atom stereocenters. The molecule has 0 aromatic heterocycles. The Labute approximate surface area is 108 Å². The van der Waals surface area contributed by atoms with Crippen molar-refractivity contribution in [2.24, 2.45) is 16.7 Å². The van der Waals surface area contributed by atoms with Crippen LogP contribution in [0.15, 0.2) is 0 Å². The summed E-state index contributed by atoms with van der Waals surface area (Å²) in [7, 11) is 0. The summed E-state index contributed by atoms with van der Waals surface area (Å²) in [5.74, 6) is -0.0672. The average Bonchev–Trinajstić information content (AvgIpc) is 2.66. The summed E-state index contributed by atoms with van der Waals surface area (Å²) in [6.07, 6.45) is 3.72. The van der Waals surface area contributed by atoms with Crippen molar-refractivity contribution in [1.82, 2.24) is 4.90 Å². The van der Waals surface area contributed by atoms with Crippen LogP contribution in [0.5, 0.6) is 0 Å². The van der Waals surface area contributed by atoms with Crippen molar-refractivity contribution >= 4 is 11.9 Å². The molecule has 1 heterocycles. The van der Waals surface area contributed by atoms with Crippen molar-refractivity contribution in [2.75, 3.05) is 13.1 Å². The van der Waals surface area contributed by atoms with Crippen LogP contribution in [-0.2, 0) is 14.3 Å². The van der Waals surface area contributed by atoms with Gasteiger partial charge in [0.15, 0.2) is 0 Å². The van der Waals surface area contributed by atoms with Gasteiger partial charge < -0.3 is 4.74 Å². The fraction of sp³-hybridized carbons (Fsp3) is 0.857. The molecule has 0 N–H and O–H groups in total. The topological polar surface area (TPSA) is 46.6 Å². The summed E-state index contributed by atoms with van der Waals surface area (Å²) in [5.41, 5.74) is 0.441. The SMILES string of the molecule is CC12CCC(C1)C(C)(C)C2N1CC(=O)OC(=O)C1. The molecule has 4 heteroatoms. The Morgan fingerprint density at radius 1 is 1.17 bits per heavy atom. The standard InChI is InChI=1S/C14H21NO3/c1-13(2)9-4-5-14(3,6-9)12(13)15-7-10(16)18-11(17)8-15/h9,12H,4-8H2,1-3H3. The maximum atomic E-state index is 11.5. The van der Waals surface area contributed by atoms with Crippen molar-refractivity contribution < 1.29 is 14.3 Å². The first-order valence-electron chi connectivity index (χ1n) is 6.80. The molecular formula is C14H21NO3. The second kappa shape index (κ2) is 3.56. The van der Waals surface area contributed by atoms with Crippen LogP contribution in [0.2, 0.25) is 0 Å². The van der Waals surface area contributed by atoms with Crippen molar-refractivity contribution in [3.63, 3.8) is 0 Å². The van der Waals surface area contributed by atoms with Crippen molar-refractivity contribution in [2.45, 2.75) is 46.1 Å². The maximum absolute atomic E-state index is 11.5. The number of cyclic esters (lactones) is 2. The molecule has 2 bridgehead atoms. The molecule has 0 aromatic rings. The van der Waals surface area contributed by atoms with Crippen molar-refractivity contribution in [1.29, 1.82) is 0 Å². The number of carbonyl (C=O) groups is 2. The van der Waals surface area contributed by atoms with E-state index in [9.17, 15) is 9.59 Å². The first-order chi connectivity index (χ1) is 8.33. The number of esters is 2. The van der Waals surface area contributed by atoms with Gasteiger partial charge in [0.2, 0.25) is 0 Å². The van der Waals surface area contributed by atoms with Gasteiger partial charge in [-0.3, -0.25) is 14.5 Å².